The third-order valence-electron chi connectivity index (χ3n) is 2.97. The fraction of sp³-hybridized carbons (Fsp3) is 0.538. The molecular weight excluding hydrogens is 244 g/mol. The number of hydrogen-bond donors (Lipinski definition) is 0. The van der Waals surface area contributed by atoms with Gasteiger partial charge < -0.3 is 4.90 Å². The Balaban J connectivity index is 2.33. The van der Waals surface area contributed by atoms with E-state index in [0.717, 1.165) is 31.3 Å². The molecular formula is C13H20N4S. The van der Waals surface area contributed by atoms with Gasteiger partial charge in [0.25, 0.3) is 0 Å². The number of thiophene rings is 1. The first-order valence-corrected chi connectivity index (χ1v) is 7.20. The molecule has 18 heavy (non-hydrogen) atoms. The summed E-state index contributed by atoms with van der Waals surface area (Å²) >= 11 is 1.76. The topological polar surface area (TPSA) is 34.0 Å². The fourth-order valence-corrected chi connectivity index (χ4v) is 2.92. The monoisotopic (exact) mass is 264 g/mol. The van der Waals surface area contributed by atoms with Gasteiger partial charge in [-0.25, -0.2) is 0 Å². The van der Waals surface area contributed by atoms with E-state index in [-0.39, 0.29) is 0 Å². The number of aryl methyl sites for hydroxylation is 1. The highest BCUT2D eigenvalue weighted by Crippen LogP contribution is 2.27. The molecule has 2 aromatic rings. The first-order valence-electron chi connectivity index (χ1n) is 6.38. The van der Waals surface area contributed by atoms with Gasteiger partial charge >= 0.3 is 0 Å². The van der Waals surface area contributed by atoms with E-state index >= 15 is 0 Å². The van der Waals surface area contributed by atoms with Crippen molar-refractivity contribution in [1.29, 1.82) is 0 Å². The maximum Gasteiger partial charge on any atom is 0.227 e. The first-order chi connectivity index (χ1) is 8.67. The van der Waals surface area contributed by atoms with Gasteiger partial charge in [-0.3, -0.25) is 4.57 Å². The van der Waals surface area contributed by atoms with Crippen molar-refractivity contribution >= 4 is 17.3 Å². The normalized spacial score (nSPS) is 10.9. The molecule has 2 rings (SSSR count). The summed E-state index contributed by atoms with van der Waals surface area (Å²) in [5.41, 5.74) is 0. The molecule has 2 heterocycles. The predicted octanol–water partition coefficient (Wildman–Crippen LogP) is 3.09. The van der Waals surface area contributed by atoms with Crippen LogP contribution in [0.3, 0.4) is 0 Å². The van der Waals surface area contributed by atoms with Crippen LogP contribution in [0.4, 0.5) is 5.95 Å². The SMILES string of the molecule is CCCN(CC)c1nnc(-c2ccc(C)s2)n1C. The molecule has 0 aliphatic carbocycles. The lowest BCUT2D eigenvalue weighted by Gasteiger charge is -2.20. The standard InChI is InChI=1S/C13H20N4S/c1-5-9-17(6-2)13-15-14-12(16(13)4)11-8-7-10(3)18-11/h7-8H,5-6,9H2,1-4H3. The van der Waals surface area contributed by atoms with E-state index in [0.29, 0.717) is 0 Å². The first kappa shape index (κ1) is 13.1. The molecule has 0 spiro atoms. The number of anilines is 1. The Morgan fingerprint density at radius 2 is 2.06 bits per heavy atom. The lowest BCUT2D eigenvalue weighted by Crippen LogP contribution is -2.26. The summed E-state index contributed by atoms with van der Waals surface area (Å²) in [5, 5.41) is 8.67. The molecule has 2 aromatic heterocycles. The van der Waals surface area contributed by atoms with Gasteiger partial charge in [-0.15, -0.1) is 21.5 Å². The lowest BCUT2D eigenvalue weighted by atomic mass is 10.4. The van der Waals surface area contributed by atoms with Crippen molar-refractivity contribution in [3.05, 3.63) is 17.0 Å². The average molecular weight is 264 g/mol. The third-order valence-corrected chi connectivity index (χ3v) is 3.97. The van der Waals surface area contributed by atoms with Crippen LogP contribution in [0.25, 0.3) is 10.7 Å². The minimum absolute atomic E-state index is 0.956. The molecule has 0 radical (unpaired) electrons. The van der Waals surface area contributed by atoms with Gasteiger partial charge in [0, 0.05) is 25.0 Å². The molecule has 0 aliphatic rings. The van der Waals surface area contributed by atoms with Gasteiger partial charge in [0.1, 0.15) is 0 Å². The van der Waals surface area contributed by atoms with Crippen LogP contribution in [0, 0.1) is 6.92 Å². The molecule has 0 N–H and O–H groups in total. The number of aromatic nitrogens is 3. The molecule has 0 saturated carbocycles. The highest BCUT2D eigenvalue weighted by Gasteiger charge is 2.15. The number of nitrogens with zero attached hydrogens (tertiary/aromatic N) is 4. The molecule has 0 aliphatic heterocycles. The van der Waals surface area contributed by atoms with E-state index in [4.69, 9.17) is 0 Å². The van der Waals surface area contributed by atoms with Gasteiger partial charge in [-0.1, -0.05) is 6.92 Å². The maximum atomic E-state index is 4.34. The van der Waals surface area contributed by atoms with Crippen molar-refractivity contribution in [1.82, 2.24) is 14.8 Å². The van der Waals surface area contributed by atoms with Crippen LogP contribution < -0.4 is 4.90 Å². The summed E-state index contributed by atoms with van der Waals surface area (Å²) in [5.74, 6) is 1.91. The second-order valence-corrected chi connectivity index (χ2v) is 5.66. The Bertz CT molecular complexity index is 515. The van der Waals surface area contributed by atoms with E-state index < -0.39 is 0 Å². The van der Waals surface area contributed by atoms with Crippen LogP contribution in [-0.4, -0.2) is 27.9 Å². The van der Waals surface area contributed by atoms with Crippen molar-refractivity contribution in [2.45, 2.75) is 27.2 Å². The Morgan fingerprint density at radius 1 is 1.28 bits per heavy atom. The molecule has 0 bridgehead atoms. The van der Waals surface area contributed by atoms with Crippen LogP contribution >= 0.6 is 11.3 Å². The van der Waals surface area contributed by atoms with Crippen LogP contribution in [0.2, 0.25) is 0 Å². The van der Waals surface area contributed by atoms with Crippen LogP contribution in [0.1, 0.15) is 25.1 Å². The van der Waals surface area contributed by atoms with Crippen molar-refractivity contribution < 1.29 is 0 Å². The van der Waals surface area contributed by atoms with Crippen LogP contribution in [0.5, 0.6) is 0 Å². The quantitative estimate of drug-likeness (QED) is 0.832. The summed E-state index contributed by atoms with van der Waals surface area (Å²) in [4.78, 5) is 4.74. The van der Waals surface area contributed by atoms with Crippen molar-refractivity contribution in [3.8, 4) is 10.7 Å². The molecule has 0 unspecified atom stereocenters. The minimum Gasteiger partial charge on any atom is -0.341 e. The summed E-state index contributed by atoms with van der Waals surface area (Å²) in [6.07, 6.45) is 1.12. The summed E-state index contributed by atoms with van der Waals surface area (Å²) < 4.78 is 2.09. The number of rotatable bonds is 5. The molecule has 0 atom stereocenters. The highest BCUT2D eigenvalue weighted by atomic mass is 32.1. The molecule has 4 nitrogen and oxygen atoms in total. The Labute approximate surface area is 112 Å². The van der Waals surface area contributed by atoms with Gasteiger partial charge in [0.15, 0.2) is 5.82 Å². The molecule has 0 amide bonds. The number of hydrogen-bond acceptors (Lipinski definition) is 4. The largest absolute Gasteiger partial charge is 0.341 e. The van der Waals surface area contributed by atoms with E-state index in [1.165, 1.54) is 9.75 Å². The summed E-state index contributed by atoms with van der Waals surface area (Å²) in [6, 6.07) is 4.24. The minimum atomic E-state index is 0.956. The van der Waals surface area contributed by atoms with Gasteiger partial charge in [-0.2, -0.15) is 0 Å². The highest BCUT2D eigenvalue weighted by molar-refractivity contribution is 7.15. The zero-order valence-corrected chi connectivity index (χ0v) is 12.3. The Hall–Kier alpha value is -1.36. The fourth-order valence-electron chi connectivity index (χ4n) is 2.04. The van der Waals surface area contributed by atoms with Crippen molar-refractivity contribution in [2.24, 2.45) is 7.05 Å². The van der Waals surface area contributed by atoms with Gasteiger partial charge in [0.2, 0.25) is 5.95 Å². The Kier molecular flexibility index (Phi) is 4.01. The zero-order valence-electron chi connectivity index (χ0n) is 11.5. The van der Waals surface area contributed by atoms with Crippen molar-refractivity contribution in [2.75, 3.05) is 18.0 Å². The summed E-state index contributed by atoms with van der Waals surface area (Å²) in [7, 11) is 2.04. The van der Waals surface area contributed by atoms with Crippen LogP contribution in [-0.2, 0) is 7.05 Å². The second-order valence-electron chi connectivity index (χ2n) is 4.37. The molecule has 0 aromatic carbocycles. The molecule has 0 saturated heterocycles. The zero-order chi connectivity index (χ0) is 13.1. The molecule has 98 valence electrons. The van der Waals surface area contributed by atoms with E-state index in [1.54, 1.807) is 11.3 Å². The maximum absolute atomic E-state index is 4.34. The van der Waals surface area contributed by atoms with E-state index in [1.807, 2.05) is 7.05 Å². The van der Waals surface area contributed by atoms with E-state index in [9.17, 15) is 0 Å². The second kappa shape index (κ2) is 5.52. The van der Waals surface area contributed by atoms with Gasteiger partial charge in [0.05, 0.1) is 4.88 Å². The molecule has 5 heteroatoms. The smallest absolute Gasteiger partial charge is 0.227 e. The average Bonchev–Trinajstić information content (AvgIpc) is 2.93. The molecule has 0 fully saturated rings. The Morgan fingerprint density at radius 3 is 2.61 bits per heavy atom. The van der Waals surface area contributed by atoms with Crippen molar-refractivity contribution in [3.63, 3.8) is 0 Å². The predicted molar refractivity (Wildman–Crippen MR) is 77.2 cm³/mol. The third kappa shape index (κ3) is 2.41. The van der Waals surface area contributed by atoms with E-state index in [2.05, 4.69) is 52.6 Å². The van der Waals surface area contributed by atoms with Crippen LogP contribution in [0.15, 0.2) is 12.1 Å². The van der Waals surface area contributed by atoms with Gasteiger partial charge in [-0.05, 0) is 32.4 Å². The summed E-state index contributed by atoms with van der Waals surface area (Å²) in [6.45, 7) is 8.43. The lowest BCUT2D eigenvalue weighted by molar-refractivity contribution is 0.735.